The molecule has 7 heteroatoms. The first-order valence-corrected chi connectivity index (χ1v) is 8.06. The summed E-state index contributed by atoms with van der Waals surface area (Å²) in [5.74, 6) is 0.0162. The molecule has 0 spiro atoms. The van der Waals surface area contributed by atoms with Crippen LogP contribution in [0, 0.1) is 0 Å². The van der Waals surface area contributed by atoms with Crippen molar-refractivity contribution in [1.29, 1.82) is 0 Å². The van der Waals surface area contributed by atoms with E-state index in [0.717, 1.165) is 5.56 Å². The first kappa shape index (κ1) is 19.8. The molecule has 0 atom stereocenters. The molecule has 0 heterocycles. The number of hydrogen-bond acceptors (Lipinski definition) is 5. The van der Waals surface area contributed by atoms with Crippen molar-refractivity contribution >= 4 is 11.8 Å². The number of amides is 2. The van der Waals surface area contributed by atoms with E-state index in [1.54, 1.807) is 0 Å². The van der Waals surface area contributed by atoms with Crippen LogP contribution in [0.5, 0.6) is 11.5 Å². The van der Waals surface area contributed by atoms with Crippen molar-refractivity contribution in [1.82, 2.24) is 10.2 Å². The third-order valence-electron chi connectivity index (χ3n) is 3.28. The monoisotopic (exact) mass is 338 g/mol. The maximum Gasteiger partial charge on any atom is 0.311 e. The number of aliphatic hydroxyl groups excluding tert-OH is 1. The standard InChI is InChI=1S/C17H26N2O5/c1-4-23-14-7-6-13(12-15(14)24-5-2)8-9-18-16(21)17(22)19(3)10-11-20/h6-7,12,20H,4-5,8-11H2,1-3H3,(H,18,21). The van der Waals surface area contributed by atoms with E-state index in [0.29, 0.717) is 37.7 Å². The predicted molar refractivity (Wildman–Crippen MR) is 90.2 cm³/mol. The Morgan fingerprint density at radius 2 is 1.83 bits per heavy atom. The molecule has 2 N–H and O–H groups in total. The second-order valence-corrected chi connectivity index (χ2v) is 5.10. The smallest absolute Gasteiger partial charge is 0.311 e. The highest BCUT2D eigenvalue weighted by Crippen LogP contribution is 2.28. The number of rotatable bonds is 9. The van der Waals surface area contributed by atoms with Crippen LogP contribution in [-0.4, -0.2) is 61.8 Å². The largest absolute Gasteiger partial charge is 0.490 e. The number of nitrogens with zero attached hydrogens (tertiary/aromatic N) is 1. The van der Waals surface area contributed by atoms with Gasteiger partial charge in [-0.05, 0) is 38.0 Å². The molecule has 1 aromatic rings. The normalized spacial score (nSPS) is 10.2. The van der Waals surface area contributed by atoms with Gasteiger partial charge in [-0.1, -0.05) is 6.07 Å². The van der Waals surface area contributed by atoms with Crippen molar-refractivity contribution in [3.05, 3.63) is 23.8 Å². The maximum atomic E-state index is 11.7. The molecule has 0 bridgehead atoms. The van der Waals surface area contributed by atoms with Gasteiger partial charge in [-0.3, -0.25) is 9.59 Å². The average molecular weight is 338 g/mol. The summed E-state index contributed by atoms with van der Waals surface area (Å²) >= 11 is 0. The van der Waals surface area contributed by atoms with Crippen molar-refractivity contribution in [2.24, 2.45) is 0 Å². The van der Waals surface area contributed by atoms with Gasteiger partial charge in [-0.15, -0.1) is 0 Å². The molecule has 0 aliphatic heterocycles. The van der Waals surface area contributed by atoms with E-state index in [9.17, 15) is 9.59 Å². The number of aliphatic hydroxyl groups is 1. The second kappa shape index (κ2) is 10.5. The van der Waals surface area contributed by atoms with Crippen molar-refractivity contribution in [2.45, 2.75) is 20.3 Å². The number of ether oxygens (including phenoxy) is 2. The molecule has 7 nitrogen and oxygen atoms in total. The number of carbonyl (C=O) groups excluding carboxylic acids is 2. The minimum atomic E-state index is -0.679. The third kappa shape index (κ3) is 6.08. The number of benzene rings is 1. The van der Waals surface area contributed by atoms with Crippen LogP contribution >= 0.6 is 0 Å². The lowest BCUT2D eigenvalue weighted by Gasteiger charge is -2.15. The molecular formula is C17H26N2O5. The maximum absolute atomic E-state index is 11.7. The molecule has 0 aromatic heterocycles. The van der Waals surface area contributed by atoms with Gasteiger partial charge >= 0.3 is 11.8 Å². The molecule has 0 aliphatic carbocycles. The number of likely N-dealkylation sites (N-methyl/N-ethyl adjacent to an activating group) is 1. The summed E-state index contributed by atoms with van der Waals surface area (Å²) in [7, 11) is 1.47. The molecule has 0 saturated carbocycles. The summed E-state index contributed by atoms with van der Waals surface area (Å²) in [6.45, 7) is 5.17. The van der Waals surface area contributed by atoms with Crippen LogP contribution in [0.15, 0.2) is 18.2 Å². The lowest BCUT2D eigenvalue weighted by atomic mass is 10.1. The fraction of sp³-hybridized carbons (Fsp3) is 0.529. The van der Waals surface area contributed by atoms with Gasteiger partial charge in [0.15, 0.2) is 11.5 Å². The minimum Gasteiger partial charge on any atom is -0.490 e. The quantitative estimate of drug-likeness (QED) is 0.644. The highest BCUT2D eigenvalue weighted by molar-refractivity contribution is 6.34. The van der Waals surface area contributed by atoms with Crippen molar-refractivity contribution < 1.29 is 24.2 Å². The SMILES string of the molecule is CCOc1ccc(CCNC(=O)C(=O)N(C)CCO)cc1OCC. The zero-order valence-corrected chi connectivity index (χ0v) is 14.5. The van der Waals surface area contributed by atoms with E-state index in [1.165, 1.54) is 11.9 Å². The molecule has 1 rings (SSSR count). The minimum absolute atomic E-state index is 0.128. The van der Waals surface area contributed by atoms with Crippen molar-refractivity contribution in [3.63, 3.8) is 0 Å². The van der Waals surface area contributed by atoms with Gasteiger partial charge in [-0.2, -0.15) is 0 Å². The molecule has 0 unspecified atom stereocenters. The molecule has 2 amide bonds. The van der Waals surface area contributed by atoms with Crippen LogP contribution in [0.1, 0.15) is 19.4 Å². The van der Waals surface area contributed by atoms with Crippen LogP contribution in [0.2, 0.25) is 0 Å². The van der Waals surface area contributed by atoms with Crippen LogP contribution < -0.4 is 14.8 Å². The Morgan fingerprint density at radius 3 is 2.46 bits per heavy atom. The Hall–Kier alpha value is -2.28. The van der Waals surface area contributed by atoms with E-state index in [-0.39, 0.29) is 13.2 Å². The number of nitrogens with one attached hydrogen (secondary N) is 1. The lowest BCUT2D eigenvalue weighted by Crippen LogP contribution is -2.42. The Kier molecular flexibility index (Phi) is 8.64. The third-order valence-corrected chi connectivity index (χ3v) is 3.28. The summed E-state index contributed by atoms with van der Waals surface area (Å²) in [6.07, 6.45) is 0.565. The van der Waals surface area contributed by atoms with Crippen LogP contribution in [0.4, 0.5) is 0 Å². The first-order valence-electron chi connectivity index (χ1n) is 8.06. The molecule has 1 aromatic carbocycles. The fourth-order valence-corrected chi connectivity index (χ4v) is 2.07. The Bertz CT molecular complexity index is 548. The summed E-state index contributed by atoms with van der Waals surface area (Å²) in [6, 6.07) is 5.62. The molecule has 24 heavy (non-hydrogen) atoms. The molecule has 0 radical (unpaired) electrons. The average Bonchev–Trinajstić information content (AvgIpc) is 2.57. The number of carbonyl (C=O) groups is 2. The molecule has 0 saturated heterocycles. The Balaban J connectivity index is 2.56. The first-order chi connectivity index (χ1) is 11.5. The second-order valence-electron chi connectivity index (χ2n) is 5.10. The summed E-state index contributed by atoms with van der Waals surface area (Å²) in [5, 5.41) is 11.4. The van der Waals surface area contributed by atoms with Gasteiger partial charge in [0.25, 0.3) is 0 Å². The van der Waals surface area contributed by atoms with Gasteiger partial charge in [0.05, 0.1) is 19.8 Å². The Labute approximate surface area is 142 Å². The predicted octanol–water partition coefficient (Wildman–Crippen LogP) is 0.593. The molecule has 134 valence electrons. The zero-order valence-electron chi connectivity index (χ0n) is 14.5. The highest BCUT2D eigenvalue weighted by Gasteiger charge is 2.17. The van der Waals surface area contributed by atoms with Crippen LogP contribution in [0.25, 0.3) is 0 Å². The molecule has 0 aliphatic rings. The summed E-state index contributed by atoms with van der Waals surface area (Å²) in [4.78, 5) is 24.6. The van der Waals surface area contributed by atoms with Crippen molar-refractivity contribution in [3.8, 4) is 11.5 Å². The van der Waals surface area contributed by atoms with E-state index in [2.05, 4.69) is 5.32 Å². The molecular weight excluding hydrogens is 312 g/mol. The number of hydrogen-bond donors (Lipinski definition) is 2. The van der Waals surface area contributed by atoms with Gasteiger partial charge in [0.1, 0.15) is 0 Å². The van der Waals surface area contributed by atoms with Crippen molar-refractivity contribution in [2.75, 3.05) is 40.0 Å². The molecule has 0 fully saturated rings. The Morgan fingerprint density at radius 1 is 1.17 bits per heavy atom. The summed E-state index contributed by atoms with van der Waals surface area (Å²) in [5.41, 5.74) is 0.971. The van der Waals surface area contributed by atoms with Crippen LogP contribution in [0.3, 0.4) is 0 Å². The fourth-order valence-electron chi connectivity index (χ4n) is 2.07. The van der Waals surface area contributed by atoms with Crippen LogP contribution in [-0.2, 0) is 16.0 Å². The van der Waals surface area contributed by atoms with E-state index in [4.69, 9.17) is 14.6 Å². The topological polar surface area (TPSA) is 88.1 Å². The highest BCUT2D eigenvalue weighted by atomic mass is 16.5. The van der Waals surface area contributed by atoms with E-state index < -0.39 is 11.8 Å². The van der Waals surface area contributed by atoms with Gasteiger partial charge in [-0.25, -0.2) is 0 Å². The van der Waals surface area contributed by atoms with Gasteiger partial charge in [0.2, 0.25) is 0 Å². The lowest BCUT2D eigenvalue weighted by molar-refractivity contribution is -0.145. The van der Waals surface area contributed by atoms with Gasteiger partial charge in [0, 0.05) is 20.1 Å². The summed E-state index contributed by atoms with van der Waals surface area (Å²) < 4.78 is 11.1. The van der Waals surface area contributed by atoms with E-state index in [1.807, 2.05) is 32.0 Å². The van der Waals surface area contributed by atoms with Gasteiger partial charge < -0.3 is 24.8 Å². The van der Waals surface area contributed by atoms with E-state index >= 15 is 0 Å². The zero-order chi connectivity index (χ0) is 17.9.